The zero-order chi connectivity index (χ0) is 14.6. The van der Waals surface area contributed by atoms with Gasteiger partial charge in [0.25, 0.3) is 5.91 Å². The summed E-state index contributed by atoms with van der Waals surface area (Å²) in [6.07, 6.45) is 0.758. The second-order valence-electron chi connectivity index (χ2n) is 5.06. The van der Waals surface area contributed by atoms with Crippen LogP contribution in [0.5, 0.6) is 0 Å². The third-order valence-electron chi connectivity index (χ3n) is 2.99. The van der Waals surface area contributed by atoms with Gasteiger partial charge in [-0.2, -0.15) is 5.10 Å². The van der Waals surface area contributed by atoms with Gasteiger partial charge in [-0.3, -0.25) is 14.3 Å². The van der Waals surface area contributed by atoms with E-state index in [2.05, 4.69) is 10.4 Å². The molecule has 19 heavy (non-hydrogen) atoms. The summed E-state index contributed by atoms with van der Waals surface area (Å²) >= 11 is 0. The van der Waals surface area contributed by atoms with Gasteiger partial charge in [-0.1, -0.05) is 6.92 Å². The van der Waals surface area contributed by atoms with E-state index in [1.165, 1.54) is 0 Å². The molecule has 106 valence electrons. The minimum atomic E-state index is -0.986. The lowest BCUT2D eigenvalue weighted by molar-refractivity contribution is -0.146. The van der Waals surface area contributed by atoms with E-state index >= 15 is 0 Å². The molecule has 0 aliphatic carbocycles. The molecule has 0 saturated carbocycles. The number of hydrogen-bond acceptors (Lipinski definition) is 3. The molecule has 0 aromatic carbocycles. The standard InChI is InChI=1S/C13H21N3O3/c1-5-9-7-10(16(6-2)15-9)11(17)14-8-13(3,4)12(18)19/h7H,5-6,8H2,1-4H3,(H,14,17)(H,18,19). The van der Waals surface area contributed by atoms with Gasteiger partial charge in [0.05, 0.1) is 11.1 Å². The van der Waals surface area contributed by atoms with E-state index in [4.69, 9.17) is 5.11 Å². The molecule has 1 heterocycles. The molecule has 0 bridgehead atoms. The number of carbonyl (C=O) groups excluding carboxylic acids is 1. The van der Waals surface area contributed by atoms with Gasteiger partial charge < -0.3 is 10.4 Å². The van der Waals surface area contributed by atoms with Crippen LogP contribution < -0.4 is 5.32 Å². The van der Waals surface area contributed by atoms with Crippen molar-refractivity contribution in [1.82, 2.24) is 15.1 Å². The van der Waals surface area contributed by atoms with Crippen molar-refractivity contribution in [2.45, 2.75) is 40.7 Å². The molecule has 0 aliphatic rings. The van der Waals surface area contributed by atoms with Crippen LogP contribution in [0.4, 0.5) is 0 Å². The summed E-state index contributed by atoms with van der Waals surface area (Å²) < 4.78 is 1.63. The predicted octanol–water partition coefficient (Wildman–Crippen LogP) is 1.31. The molecule has 1 amide bonds. The summed E-state index contributed by atoms with van der Waals surface area (Å²) in [5.41, 5.74) is 0.338. The maximum Gasteiger partial charge on any atom is 0.310 e. The number of hydrogen-bond donors (Lipinski definition) is 2. The number of rotatable bonds is 6. The number of nitrogens with zero attached hydrogens (tertiary/aromatic N) is 2. The van der Waals surface area contributed by atoms with Crippen LogP contribution in [0.3, 0.4) is 0 Å². The predicted molar refractivity (Wildman–Crippen MR) is 71.0 cm³/mol. The van der Waals surface area contributed by atoms with Crippen molar-refractivity contribution in [2.75, 3.05) is 6.54 Å². The summed E-state index contributed by atoms with van der Waals surface area (Å²) in [6, 6.07) is 1.74. The van der Waals surface area contributed by atoms with Crippen LogP contribution in [-0.2, 0) is 17.8 Å². The van der Waals surface area contributed by atoms with E-state index in [0.29, 0.717) is 12.2 Å². The van der Waals surface area contributed by atoms with Crippen LogP contribution in [-0.4, -0.2) is 33.3 Å². The average Bonchev–Trinajstić information content (AvgIpc) is 2.79. The van der Waals surface area contributed by atoms with Gasteiger partial charge in [-0.05, 0) is 33.3 Å². The number of aliphatic carboxylic acids is 1. The van der Waals surface area contributed by atoms with Gasteiger partial charge in [0.15, 0.2) is 0 Å². The van der Waals surface area contributed by atoms with E-state index in [1.807, 2.05) is 13.8 Å². The quantitative estimate of drug-likeness (QED) is 0.813. The third-order valence-corrected chi connectivity index (χ3v) is 2.99. The molecule has 0 atom stereocenters. The molecule has 0 unspecified atom stereocenters. The molecule has 1 aromatic heterocycles. The number of carboxylic acid groups (broad SMARTS) is 1. The Morgan fingerprint density at radius 2 is 2.05 bits per heavy atom. The Balaban J connectivity index is 2.78. The smallest absolute Gasteiger partial charge is 0.310 e. The van der Waals surface area contributed by atoms with E-state index < -0.39 is 11.4 Å². The molecule has 0 aliphatic heterocycles. The average molecular weight is 267 g/mol. The zero-order valence-electron chi connectivity index (χ0n) is 11.9. The first-order chi connectivity index (χ1) is 8.81. The highest BCUT2D eigenvalue weighted by Gasteiger charge is 2.28. The van der Waals surface area contributed by atoms with Crippen LogP contribution in [0.1, 0.15) is 43.9 Å². The second kappa shape index (κ2) is 5.86. The van der Waals surface area contributed by atoms with Gasteiger partial charge >= 0.3 is 5.97 Å². The minimum absolute atomic E-state index is 0.0809. The van der Waals surface area contributed by atoms with Gasteiger partial charge in [-0.25, -0.2) is 0 Å². The molecule has 0 fully saturated rings. The fourth-order valence-electron chi connectivity index (χ4n) is 1.53. The largest absolute Gasteiger partial charge is 0.481 e. The Morgan fingerprint density at radius 1 is 1.42 bits per heavy atom. The number of nitrogens with one attached hydrogen (secondary N) is 1. The molecule has 2 N–H and O–H groups in total. The Morgan fingerprint density at radius 3 is 2.53 bits per heavy atom. The lowest BCUT2D eigenvalue weighted by Crippen LogP contribution is -2.39. The maximum atomic E-state index is 12.1. The van der Waals surface area contributed by atoms with E-state index in [0.717, 1.165) is 12.1 Å². The molecular weight excluding hydrogens is 246 g/mol. The number of carbonyl (C=O) groups is 2. The monoisotopic (exact) mass is 267 g/mol. The third kappa shape index (κ3) is 3.56. The molecular formula is C13H21N3O3. The van der Waals surface area contributed by atoms with Crippen LogP contribution >= 0.6 is 0 Å². The van der Waals surface area contributed by atoms with Gasteiger partial charge in [0.1, 0.15) is 5.69 Å². The van der Waals surface area contributed by atoms with Crippen molar-refractivity contribution >= 4 is 11.9 Å². The molecule has 0 spiro atoms. The summed E-state index contributed by atoms with van der Waals surface area (Å²) in [6.45, 7) is 7.71. The zero-order valence-corrected chi connectivity index (χ0v) is 11.9. The van der Waals surface area contributed by atoms with E-state index in [9.17, 15) is 9.59 Å². The Kier molecular flexibility index (Phi) is 4.69. The summed E-state index contributed by atoms with van der Waals surface area (Å²) in [5, 5.41) is 15.9. The normalized spacial score (nSPS) is 11.4. The number of amides is 1. The van der Waals surface area contributed by atoms with Crippen molar-refractivity contribution in [3.8, 4) is 0 Å². The van der Waals surface area contributed by atoms with Crippen LogP contribution in [0.25, 0.3) is 0 Å². The van der Waals surface area contributed by atoms with Crippen molar-refractivity contribution in [3.63, 3.8) is 0 Å². The van der Waals surface area contributed by atoms with Gasteiger partial charge in [0, 0.05) is 13.1 Å². The number of aryl methyl sites for hydroxylation is 2. The highest BCUT2D eigenvalue weighted by Crippen LogP contribution is 2.14. The van der Waals surface area contributed by atoms with Gasteiger partial charge in [-0.15, -0.1) is 0 Å². The van der Waals surface area contributed by atoms with Crippen molar-refractivity contribution in [2.24, 2.45) is 5.41 Å². The highest BCUT2D eigenvalue weighted by molar-refractivity contribution is 5.93. The van der Waals surface area contributed by atoms with Crippen LogP contribution in [0, 0.1) is 5.41 Å². The molecule has 6 heteroatoms. The fraction of sp³-hybridized carbons (Fsp3) is 0.615. The number of aromatic nitrogens is 2. The van der Waals surface area contributed by atoms with Crippen LogP contribution in [0.2, 0.25) is 0 Å². The molecule has 0 radical (unpaired) electrons. The first-order valence-corrected chi connectivity index (χ1v) is 6.40. The van der Waals surface area contributed by atoms with Crippen molar-refractivity contribution in [1.29, 1.82) is 0 Å². The highest BCUT2D eigenvalue weighted by atomic mass is 16.4. The Labute approximate surface area is 112 Å². The molecule has 1 aromatic rings. The van der Waals surface area contributed by atoms with Crippen molar-refractivity contribution < 1.29 is 14.7 Å². The second-order valence-corrected chi connectivity index (χ2v) is 5.06. The summed E-state index contributed by atoms with van der Waals surface area (Å²) in [4.78, 5) is 23.0. The molecule has 1 rings (SSSR count). The lowest BCUT2D eigenvalue weighted by atomic mass is 9.94. The first kappa shape index (κ1) is 15.2. The summed E-state index contributed by atoms with van der Waals surface area (Å²) in [5.74, 6) is -1.23. The minimum Gasteiger partial charge on any atom is -0.481 e. The Bertz CT molecular complexity index is 477. The lowest BCUT2D eigenvalue weighted by Gasteiger charge is -2.19. The van der Waals surface area contributed by atoms with E-state index in [1.54, 1.807) is 24.6 Å². The van der Waals surface area contributed by atoms with Crippen LogP contribution in [0.15, 0.2) is 6.07 Å². The molecule has 6 nitrogen and oxygen atoms in total. The SMILES string of the molecule is CCc1cc(C(=O)NCC(C)(C)C(=O)O)n(CC)n1. The number of carboxylic acids is 1. The maximum absolute atomic E-state index is 12.1. The van der Waals surface area contributed by atoms with Crippen molar-refractivity contribution in [3.05, 3.63) is 17.5 Å². The molecule has 0 saturated heterocycles. The Hall–Kier alpha value is -1.85. The van der Waals surface area contributed by atoms with E-state index in [-0.39, 0.29) is 12.5 Å². The fourth-order valence-corrected chi connectivity index (χ4v) is 1.53. The first-order valence-electron chi connectivity index (χ1n) is 6.40. The summed E-state index contributed by atoms with van der Waals surface area (Å²) in [7, 11) is 0. The topological polar surface area (TPSA) is 84.2 Å². The van der Waals surface area contributed by atoms with Gasteiger partial charge in [0.2, 0.25) is 0 Å².